The van der Waals surface area contributed by atoms with Gasteiger partial charge >= 0.3 is 0 Å². The molecule has 0 saturated heterocycles. The van der Waals surface area contributed by atoms with Gasteiger partial charge in [0.15, 0.2) is 0 Å². The molecule has 100 valence electrons. The first kappa shape index (κ1) is 14.3. The van der Waals surface area contributed by atoms with Crippen LogP contribution >= 0.6 is 27.5 Å². The summed E-state index contributed by atoms with van der Waals surface area (Å²) in [6, 6.07) is 11.8. The molecule has 5 heteroatoms. The Balaban J connectivity index is 2.29. The largest absolute Gasteiger partial charge is 0.376 e. The molecule has 0 saturated carbocycles. The quantitative estimate of drug-likeness (QED) is 0.866. The molecule has 0 radical (unpaired) electrons. The van der Waals surface area contributed by atoms with Crippen molar-refractivity contribution in [3.05, 3.63) is 63.3 Å². The number of hydrogen-bond donors (Lipinski definition) is 2. The Bertz CT molecular complexity index is 577. The fourth-order valence-electron chi connectivity index (χ4n) is 1.82. The fourth-order valence-corrected chi connectivity index (χ4v) is 2.55. The third kappa shape index (κ3) is 3.47. The molecule has 1 atom stereocenters. The molecular weight excluding hydrogens is 331 g/mol. The molecule has 2 aromatic rings. The second-order valence-electron chi connectivity index (χ2n) is 4.08. The van der Waals surface area contributed by atoms with E-state index in [0.29, 0.717) is 17.3 Å². The molecule has 0 aliphatic heterocycles. The first-order chi connectivity index (χ1) is 9.11. The van der Waals surface area contributed by atoms with Gasteiger partial charge in [-0.05, 0) is 29.8 Å². The summed E-state index contributed by atoms with van der Waals surface area (Å²) in [7, 11) is 0. The van der Waals surface area contributed by atoms with Gasteiger partial charge in [-0.25, -0.2) is 4.39 Å². The summed E-state index contributed by atoms with van der Waals surface area (Å²) in [5.74, 6) is -0.338. The Morgan fingerprint density at radius 3 is 2.68 bits per heavy atom. The van der Waals surface area contributed by atoms with Crippen molar-refractivity contribution in [2.24, 2.45) is 5.73 Å². The van der Waals surface area contributed by atoms with E-state index >= 15 is 0 Å². The van der Waals surface area contributed by atoms with Crippen LogP contribution in [0.4, 0.5) is 10.1 Å². The van der Waals surface area contributed by atoms with Gasteiger partial charge in [0.05, 0.1) is 16.8 Å². The van der Waals surface area contributed by atoms with Gasteiger partial charge in [-0.2, -0.15) is 0 Å². The van der Waals surface area contributed by atoms with E-state index < -0.39 is 0 Å². The molecule has 1 unspecified atom stereocenters. The summed E-state index contributed by atoms with van der Waals surface area (Å²) in [4.78, 5) is 0. The van der Waals surface area contributed by atoms with Gasteiger partial charge in [0.2, 0.25) is 0 Å². The van der Waals surface area contributed by atoms with Crippen molar-refractivity contribution >= 4 is 33.2 Å². The van der Waals surface area contributed by atoms with Crippen molar-refractivity contribution in [1.82, 2.24) is 0 Å². The van der Waals surface area contributed by atoms with E-state index in [-0.39, 0.29) is 11.9 Å². The number of halogens is 3. The maximum Gasteiger partial charge on any atom is 0.125 e. The molecule has 0 heterocycles. The number of anilines is 1. The zero-order valence-electron chi connectivity index (χ0n) is 10.0. The van der Waals surface area contributed by atoms with Crippen molar-refractivity contribution in [3.8, 4) is 0 Å². The topological polar surface area (TPSA) is 38.0 Å². The lowest BCUT2D eigenvalue weighted by molar-refractivity contribution is 0.627. The highest BCUT2D eigenvalue weighted by Gasteiger charge is 2.14. The van der Waals surface area contributed by atoms with Crippen molar-refractivity contribution in [3.63, 3.8) is 0 Å². The zero-order valence-corrected chi connectivity index (χ0v) is 12.4. The maximum absolute atomic E-state index is 13.2. The SMILES string of the molecule is NCC(Nc1cc(F)ccc1Cl)c1ccccc1Br. The zero-order chi connectivity index (χ0) is 13.8. The maximum atomic E-state index is 13.2. The van der Waals surface area contributed by atoms with Crippen molar-refractivity contribution in [2.75, 3.05) is 11.9 Å². The molecule has 2 rings (SSSR count). The highest BCUT2D eigenvalue weighted by Crippen LogP contribution is 2.29. The Morgan fingerprint density at radius 2 is 2.00 bits per heavy atom. The van der Waals surface area contributed by atoms with E-state index in [4.69, 9.17) is 17.3 Å². The van der Waals surface area contributed by atoms with Gasteiger partial charge in [-0.15, -0.1) is 0 Å². The van der Waals surface area contributed by atoms with Crippen molar-refractivity contribution in [2.45, 2.75) is 6.04 Å². The van der Waals surface area contributed by atoms with Gasteiger partial charge in [0.1, 0.15) is 5.82 Å². The van der Waals surface area contributed by atoms with Gasteiger partial charge in [0, 0.05) is 11.0 Å². The average Bonchev–Trinajstić information content (AvgIpc) is 2.41. The summed E-state index contributed by atoms with van der Waals surface area (Å²) in [5, 5.41) is 3.63. The summed E-state index contributed by atoms with van der Waals surface area (Å²) in [6.07, 6.45) is 0. The summed E-state index contributed by atoms with van der Waals surface area (Å²) in [6.45, 7) is 0.370. The number of nitrogens with two attached hydrogens (primary N) is 1. The van der Waals surface area contributed by atoms with E-state index in [9.17, 15) is 4.39 Å². The molecule has 0 spiro atoms. The molecule has 2 nitrogen and oxygen atoms in total. The smallest absolute Gasteiger partial charge is 0.125 e. The second-order valence-corrected chi connectivity index (χ2v) is 5.34. The van der Waals surface area contributed by atoms with E-state index in [1.165, 1.54) is 18.2 Å². The van der Waals surface area contributed by atoms with Crippen LogP contribution in [0.1, 0.15) is 11.6 Å². The van der Waals surface area contributed by atoms with E-state index in [1.807, 2.05) is 24.3 Å². The molecule has 0 aromatic heterocycles. The monoisotopic (exact) mass is 342 g/mol. The highest BCUT2D eigenvalue weighted by atomic mass is 79.9. The summed E-state index contributed by atoms with van der Waals surface area (Å²) in [5.41, 5.74) is 7.33. The Kier molecular flexibility index (Phi) is 4.80. The molecule has 0 amide bonds. The molecule has 0 bridgehead atoms. The molecule has 0 fully saturated rings. The Labute approximate surface area is 124 Å². The van der Waals surface area contributed by atoms with Crippen LogP contribution in [0.2, 0.25) is 5.02 Å². The predicted octanol–water partition coefficient (Wildman–Crippen LogP) is 4.35. The van der Waals surface area contributed by atoms with Crippen LogP contribution in [0, 0.1) is 5.82 Å². The van der Waals surface area contributed by atoms with Crippen molar-refractivity contribution < 1.29 is 4.39 Å². The van der Waals surface area contributed by atoms with Crippen LogP contribution in [-0.2, 0) is 0 Å². The van der Waals surface area contributed by atoms with Gasteiger partial charge < -0.3 is 11.1 Å². The Hall–Kier alpha value is -1.10. The predicted molar refractivity (Wildman–Crippen MR) is 81.0 cm³/mol. The number of benzene rings is 2. The van der Waals surface area contributed by atoms with Crippen LogP contribution < -0.4 is 11.1 Å². The minimum absolute atomic E-state index is 0.144. The lowest BCUT2D eigenvalue weighted by Crippen LogP contribution is -2.21. The molecule has 2 aromatic carbocycles. The standard InChI is InChI=1S/C14H13BrClFN2/c15-11-4-2-1-3-10(11)14(8-18)19-13-7-9(17)5-6-12(13)16/h1-7,14,19H,8,18H2. The van der Waals surface area contributed by atoms with Crippen LogP contribution in [0.5, 0.6) is 0 Å². The number of nitrogens with one attached hydrogen (secondary N) is 1. The van der Waals surface area contributed by atoms with E-state index in [1.54, 1.807) is 0 Å². The van der Waals surface area contributed by atoms with Crippen LogP contribution in [-0.4, -0.2) is 6.54 Å². The average molecular weight is 344 g/mol. The van der Waals surface area contributed by atoms with E-state index in [0.717, 1.165) is 10.0 Å². The van der Waals surface area contributed by atoms with Gasteiger partial charge in [-0.1, -0.05) is 45.7 Å². The summed E-state index contributed by atoms with van der Waals surface area (Å²) < 4.78 is 14.2. The lowest BCUT2D eigenvalue weighted by Gasteiger charge is -2.20. The molecular formula is C14H13BrClFN2. The van der Waals surface area contributed by atoms with Crippen LogP contribution in [0.3, 0.4) is 0 Å². The molecule has 3 N–H and O–H groups in total. The first-order valence-corrected chi connectivity index (χ1v) is 6.95. The van der Waals surface area contributed by atoms with Gasteiger partial charge in [0.25, 0.3) is 0 Å². The normalized spacial score (nSPS) is 12.2. The van der Waals surface area contributed by atoms with Crippen molar-refractivity contribution in [1.29, 1.82) is 0 Å². The minimum atomic E-state index is -0.338. The first-order valence-electron chi connectivity index (χ1n) is 5.78. The Morgan fingerprint density at radius 1 is 1.26 bits per heavy atom. The van der Waals surface area contributed by atoms with Gasteiger partial charge in [-0.3, -0.25) is 0 Å². The molecule has 19 heavy (non-hydrogen) atoms. The van der Waals surface area contributed by atoms with Crippen LogP contribution in [0.15, 0.2) is 46.9 Å². The number of rotatable bonds is 4. The lowest BCUT2D eigenvalue weighted by atomic mass is 10.1. The molecule has 0 aliphatic carbocycles. The van der Waals surface area contributed by atoms with E-state index in [2.05, 4.69) is 21.2 Å². The second kappa shape index (κ2) is 6.37. The third-order valence-electron chi connectivity index (χ3n) is 2.77. The summed E-state index contributed by atoms with van der Waals surface area (Å²) >= 11 is 9.52. The third-order valence-corrected chi connectivity index (χ3v) is 3.83. The highest BCUT2D eigenvalue weighted by molar-refractivity contribution is 9.10. The van der Waals surface area contributed by atoms with Crippen LogP contribution in [0.25, 0.3) is 0 Å². The minimum Gasteiger partial charge on any atom is -0.376 e. The fraction of sp³-hybridized carbons (Fsp3) is 0.143. The molecule has 0 aliphatic rings. The number of hydrogen-bond acceptors (Lipinski definition) is 2.